The van der Waals surface area contributed by atoms with Crippen LogP contribution >= 0.6 is 0 Å². The summed E-state index contributed by atoms with van der Waals surface area (Å²) in [5, 5.41) is 7.87. The van der Waals surface area contributed by atoms with E-state index >= 15 is 0 Å². The molecule has 10 rings (SSSR count). The SMILES string of the molecule is CC1C=C(c2cc(NC3=C(c4ccccc4)C=C(c4cc5cc(c4)-c4ccccc4-c4ccccc4Nc4ccccc4-5)CC3C)cc(-c3ccccc3)c2)C=CC1. The Labute approximate surface area is 342 Å². The lowest BCUT2D eigenvalue weighted by Crippen LogP contribution is -2.16. The summed E-state index contributed by atoms with van der Waals surface area (Å²) < 4.78 is 0. The monoisotopic (exact) mass is 746 g/mol. The van der Waals surface area contributed by atoms with Crippen LogP contribution in [0.3, 0.4) is 0 Å². The van der Waals surface area contributed by atoms with E-state index in [0.717, 1.165) is 29.9 Å². The van der Waals surface area contributed by atoms with Gasteiger partial charge in [0.05, 0.1) is 0 Å². The van der Waals surface area contributed by atoms with Crippen molar-refractivity contribution in [3.63, 3.8) is 0 Å². The van der Waals surface area contributed by atoms with Gasteiger partial charge in [-0.05, 0) is 135 Å². The highest BCUT2D eigenvalue weighted by molar-refractivity contribution is 5.97. The van der Waals surface area contributed by atoms with Crippen molar-refractivity contribution in [2.45, 2.75) is 26.7 Å². The first-order valence-electron chi connectivity index (χ1n) is 20.6. The Morgan fingerprint density at radius 3 is 1.81 bits per heavy atom. The average Bonchev–Trinajstić information content (AvgIpc) is 3.27. The summed E-state index contributed by atoms with van der Waals surface area (Å²) in [4.78, 5) is 0. The molecular formula is C56H46N2. The van der Waals surface area contributed by atoms with E-state index in [9.17, 15) is 0 Å². The second-order valence-electron chi connectivity index (χ2n) is 16.1. The summed E-state index contributed by atoms with van der Waals surface area (Å²) in [7, 11) is 0. The van der Waals surface area contributed by atoms with Gasteiger partial charge in [-0.2, -0.15) is 0 Å². The Bertz CT molecular complexity index is 2800. The van der Waals surface area contributed by atoms with Gasteiger partial charge in [-0.25, -0.2) is 0 Å². The molecule has 2 nitrogen and oxygen atoms in total. The quantitative estimate of drug-likeness (QED) is 0.177. The summed E-state index contributed by atoms with van der Waals surface area (Å²) in [5.74, 6) is 0.744. The van der Waals surface area contributed by atoms with Gasteiger partial charge in [0.2, 0.25) is 0 Å². The number of hydrogen-bond donors (Lipinski definition) is 2. The van der Waals surface area contributed by atoms with Crippen molar-refractivity contribution >= 4 is 33.8 Å². The summed E-state index contributed by atoms with van der Waals surface area (Å²) in [6, 6.07) is 62.1. The maximum atomic E-state index is 4.04. The zero-order valence-electron chi connectivity index (χ0n) is 33.0. The molecule has 0 saturated heterocycles. The standard InChI is InChI=1S/C56H46N2/c1-37-16-15-21-41(28-37)45-30-44(39-17-5-3-6-18-39)34-48(35-45)57-56-38(2)29-42(36-53(56)40-19-7-4-8-20-40)43-31-46-33-47(32-43)50-23-11-13-26-54(50)58-55-27-14-12-25-52(55)51-24-10-9-22-49(46)51/h3-15,17-28,30-38,57-58H,16,29H2,1-2H3. The number of allylic oxidation sites excluding steroid dienone is 8. The molecule has 2 aliphatic carbocycles. The third-order valence-electron chi connectivity index (χ3n) is 11.9. The van der Waals surface area contributed by atoms with Gasteiger partial charge >= 0.3 is 0 Å². The first-order valence-corrected chi connectivity index (χ1v) is 20.6. The topological polar surface area (TPSA) is 24.1 Å². The first kappa shape index (κ1) is 35.5. The van der Waals surface area contributed by atoms with Gasteiger partial charge in [0.25, 0.3) is 0 Å². The zero-order chi connectivity index (χ0) is 39.0. The summed E-state index contributed by atoms with van der Waals surface area (Å²) in [6.07, 6.45) is 11.5. The van der Waals surface area contributed by atoms with Gasteiger partial charge in [0.15, 0.2) is 0 Å². The van der Waals surface area contributed by atoms with Crippen molar-refractivity contribution in [3.8, 4) is 44.5 Å². The van der Waals surface area contributed by atoms with E-state index < -0.39 is 0 Å². The fourth-order valence-electron chi connectivity index (χ4n) is 9.02. The van der Waals surface area contributed by atoms with Crippen molar-refractivity contribution in [2.75, 3.05) is 10.6 Å². The predicted octanol–water partition coefficient (Wildman–Crippen LogP) is 15.3. The molecule has 1 aliphatic heterocycles. The summed E-state index contributed by atoms with van der Waals surface area (Å²) in [5.41, 5.74) is 21.8. The Morgan fingerprint density at radius 2 is 1.07 bits per heavy atom. The number of anilines is 3. The molecule has 0 amide bonds. The van der Waals surface area contributed by atoms with Crippen molar-refractivity contribution in [3.05, 3.63) is 217 Å². The van der Waals surface area contributed by atoms with Crippen LogP contribution in [0.1, 0.15) is 43.4 Å². The summed E-state index contributed by atoms with van der Waals surface area (Å²) in [6.45, 7) is 4.68. The van der Waals surface area contributed by atoms with E-state index in [2.05, 4.69) is 219 Å². The van der Waals surface area contributed by atoms with Gasteiger partial charge in [0.1, 0.15) is 0 Å². The Balaban J connectivity index is 1.14. The van der Waals surface area contributed by atoms with Crippen LogP contribution in [0.4, 0.5) is 17.1 Å². The van der Waals surface area contributed by atoms with Crippen LogP contribution in [0, 0.1) is 11.8 Å². The molecule has 2 N–H and O–H groups in total. The van der Waals surface area contributed by atoms with Crippen molar-refractivity contribution in [2.24, 2.45) is 11.8 Å². The number of hydrogen-bond acceptors (Lipinski definition) is 2. The molecule has 0 saturated carbocycles. The minimum Gasteiger partial charge on any atom is -0.358 e. The molecule has 2 bridgehead atoms. The second kappa shape index (κ2) is 15.2. The molecule has 7 aromatic carbocycles. The molecule has 0 aromatic heterocycles. The zero-order valence-corrected chi connectivity index (χ0v) is 33.0. The second-order valence-corrected chi connectivity index (χ2v) is 16.1. The molecule has 3 aliphatic rings. The van der Waals surface area contributed by atoms with Gasteiger partial charge in [-0.15, -0.1) is 0 Å². The van der Waals surface area contributed by atoms with E-state index in [4.69, 9.17) is 0 Å². The lowest BCUT2D eigenvalue weighted by Gasteiger charge is -2.29. The van der Waals surface area contributed by atoms with Crippen molar-refractivity contribution in [1.82, 2.24) is 0 Å². The van der Waals surface area contributed by atoms with Gasteiger partial charge in [-0.3, -0.25) is 0 Å². The number of nitrogens with one attached hydrogen (secondary N) is 2. The van der Waals surface area contributed by atoms with Crippen LogP contribution < -0.4 is 10.6 Å². The van der Waals surface area contributed by atoms with Gasteiger partial charge in [0, 0.05) is 45.4 Å². The first-order chi connectivity index (χ1) is 28.5. The molecule has 2 unspecified atom stereocenters. The van der Waals surface area contributed by atoms with E-state index in [-0.39, 0.29) is 5.92 Å². The molecule has 1 heterocycles. The minimum atomic E-state index is 0.229. The molecule has 0 fully saturated rings. The molecule has 58 heavy (non-hydrogen) atoms. The largest absolute Gasteiger partial charge is 0.358 e. The maximum absolute atomic E-state index is 4.04. The van der Waals surface area contributed by atoms with E-state index in [0.29, 0.717) is 5.92 Å². The van der Waals surface area contributed by atoms with Crippen LogP contribution in [0.5, 0.6) is 0 Å². The summed E-state index contributed by atoms with van der Waals surface area (Å²) >= 11 is 0. The van der Waals surface area contributed by atoms with Gasteiger partial charge in [-0.1, -0.05) is 153 Å². The van der Waals surface area contributed by atoms with Crippen LogP contribution in [-0.2, 0) is 0 Å². The van der Waals surface area contributed by atoms with Crippen molar-refractivity contribution in [1.29, 1.82) is 0 Å². The highest BCUT2D eigenvalue weighted by Gasteiger charge is 2.25. The van der Waals surface area contributed by atoms with E-state index in [1.807, 2.05) is 0 Å². The molecule has 0 spiro atoms. The average molecular weight is 747 g/mol. The van der Waals surface area contributed by atoms with Crippen LogP contribution in [0.15, 0.2) is 200 Å². The number of fused-ring (bicyclic) bond motifs is 8. The number of benzene rings is 7. The van der Waals surface area contributed by atoms with Crippen LogP contribution in [0.25, 0.3) is 61.2 Å². The number of rotatable bonds is 6. The van der Waals surface area contributed by atoms with Gasteiger partial charge < -0.3 is 10.6 Å². The Morgan fingerprint density at radius 1 is 0.500 bits per heavy atom. The highest BCUT2D eigenvalue weighted by atomic mass is 14.9. The van der Waals surface area contributed by atoms with Crippen LogP contribution in [-0.4, -0.2) is 0 Å². The molecule has 2 heteroatoms. The van der Waals surface area contributed by atoms with E-state index in [1.54, 1.807) is 0 Å². The third-order valence-corrected chi connectivity index (χ3v) is 11.9. The normalized spacial score (nSPS) is 16.9. The molecule has 2 atom stereocenters. The Kier molecular flexibility index (Phi) is 9.31. The third kappa shape index (κ3) is 6.92. The molecular weight excluding hydrogens is 701 g/mol. The fourth-order valence-corrected chi connectivity index (χ4v) is 9.02. The minimum absolute atomic E-state index is 0.229. The lowest BCUT2D eigenvalue weighted by atomic mass is 9.81. The number of para-hydroxylation sites is 2. The molecule has 280 valence electrons. The molecule has 0 radical (unpaired) electrons. The van der Waals surface area contributed by atoms with Crippen molar-refractivity contribution < 1.29 is 0 Å². The predicted molar refractivity (Wildman–Crippen MR) is 248 cm³/mol. The Hall–Kier alpha value is -6.90. The maximum Gasteiger partial charge on any atom is 0.0464 e. The van der Waals surface area contributed by atoms with Crippen LogP contribution in [0.2, 0.25) is 0 Å². The lowest BCUT2D eigenvalue weighted by molar-refractivity contribution is 0.705. The highest BCUT2D eigenvalue weighted by Crippen LogP contribution is 2.46. The molecule has 7 aromatic rings. The smallest absolute Gasteiger partial charge is 0.0464 e. The fraction of sp³-hybridized carbons (Fsp3) is 0.107. The van der Waals surface area contributed by atoms with E-state index in [1.165, 1.54) is 83.6 Å².